The molecule has 0 radical (unpaired) electrons. The molecule has 0 saturated heterocycles. The highest BCUT2D eigenvalue weighted by Crippen LogP contribution is 2.42. The number of hydrogen-bond donors (Lipinski definition) is 2. The van der Waals surface area contributed by atoms with Gasteiger partial charge in [0, 0.05) is 18.0 Å². The van der Waals surface area contributed by atoms with E-state index < -0.39 is 0 Å². The number of nitrogens with zero attached hydrogens (tertiary/aromatic N) is 4. The molecule has 2 N–H and O–H groups in total. The van der Waals surface area contributed by atoms with Gasteiger partial charge in [-0.3, -0.25) is 4.98 Å². The lowest BCUT2D eigenvalue weighted by Crippen LogP contribution is -2.13. The Bertz CT molecular complexity index is 852. The van der Waals surface area contributed by atoms with Crippen LogP contribution in [0.4, 0.5) is 0 Å². The van der Waals surface area contributed by atoms with Gasteiger partial charge >= 0.3 is 0 Å². The molecule has 1 unspecified atom stereocenters. The molecule has 23 heavy (non-hydrogen) atoms. The van der Waals surface area contributed by atoms with E-state index in [0.29, 0.717) is 5.75 Å². The van der Waals surface area contributed by atoms with Crippen LogP contribution in [-0.2, 0) is 0 Å². The summed E-state index contributed by atoms with van der Waals surface area (Å²) < 4.78 is 7.03. The normalized spacial score (nSPS) is 16.0. The molecule has 0 spiro atoms. The Balaban J connectivity index is 1.65. The number of nitrogens with one attached hydrogen (secondary N) is 1. The fraction of sp³-hybridized carbons (Fsp3) is 0.133. The molecule has 3 aromatic rings. The second kappa shape index (κ2) is 5.47. The average Bonchev–Trinajstić information content (AvgIpc) is 3.16. The highest BCUT2D eigenvalue weighted by atomic mass is 32.2. The van der Waals surface area contributed by atoms with E-state index in [1.165, 1.54) is 7.11 Å². The lowest BCUT2D eigenvalue weighted by molar-refractivity contribution is 0.373. The monoisotopic (exact) mass is 327 g/mol. The van der Waals surface area contributed by atoms with Gasteiger partial charge in [-0.1, -0.05) is 17.8 Å². The Morgan fingerprint density at radius 1 is 1.22 bits per heavy atom. The van der Waals surface area contributed by atoms with Crippen molar-refractivity contribution < 1.29 is 9.84 Å². The van der Waals surface area contributed by atoms with Crippen molar-refractivity contribution in [3.63, 3.8) is 0 Å². The quantitative estimate of drug-likeness (QED) is 0.764. The molecule has 116 valence electrons. The predicted molar refractivity (Wildman–Crippen MR) is 85.9 cm³/mol. The number of ether oxygens (including phenoxy) is 1. The van der Waals surface area contributed by atoms with Crippen molar-refractivity contribution in [1.29, 1.82) is 0 Å². The van der Waals surface area contributed by atoms with E-state index in [1.54, 1.807) is 30.2 Å². The highest BCUT2D eigenvalue weighted by molar-refractivity contribution is 7.99. The summed E-state index contributed by atoms with van der Waals surface area (Å²) in [6, 6.07) is 9.07. The van der Waals surface area contributed by atoms with Gasteiger partial charge in [0.15, 0.2) is 17.3 Å². The summed E-state index contributed by atoms with van der Waals surface area (Å²) >= 11 is 1.56. The largest absolute Gasteiger partial charge is 0.504 e. The van der Waals surface area contributed by atoms with E-state index in [-0.39, 0.29) is 11.1 Å². The number of methoxy groups -OCH3 is 1. The molecule has 1 aliphatic heterocycles. The van der Waals surface area contributed by atoms with Gasteiger partial charge in [-0.25, -0.2) is 4.68 Å². The average molecular weight is 327 g/mol. The molecule has 2 aromatic heterocycles. The zero-order valence-electron chi connectivity index (χ0n) is 12.2. The maximum atomic E-state index is 9.72. The number of benzene rings is 1. The van der Waals surface area contributed by atoms with Gasteiger partial charge in [-0.05, 0) is 29.8 Å². The Morgan fingerprint density at radius 3 is 2.83 bits per heavy atom. The van der Waals surface area contributed by atoms with Crippen LogP contribution in [0.2, 0.25) is 0 Å². The molecule has 1 aliphatic rings. The molecular weight excluding hydrogens is 314 g/mol. The van der Waals surface area contributed by atoms with E-state index in [4.69, 9.17) is 4.74 Å². The van der Waals surface area contributed by atoms with Gasteiger partial charge in [-0.2, -0.15) is 0 Å². The summed E-state index contributed by atoms with van der Waals surface area (Å²) in [5.74, 6) is 1.31. The van der Waals surface area contributed by atoms with Gasteiger partial charge in [0.05, 0.1) is 7.11 Å². The van der Waals surface area contributed by atoms with Crippen molar-refractivity contribution in [3.05, 3.63) is 48.3 Å². The van der Waals surface area contributed by atoms with Crippen LogP contribution in [0.15, 0.2) is 47.9 Å². The van der Waals surface area contributed by atoms with Crippen molar-refractivity contribution in [2.24, 2.45) is 0 Å². The predicted octanol–water partition coefficient (Wildman–Crippen LogP) is 2.40. The second-order valence-electron chi connectivity index (χ2n) is 4.94. The van der Waals surface area contributed by atoms with Gasteiger partial charge in [0.25, 0.3) is 0 Å². The van der Waals surface area contributed by atoms with Crippen LogP contribution in [0.5, 0.6) is 11.5 Å². The zero-order valence-corrected chi connectivity index (χ0v) is 13.0. The van der Waals surface area contributed by atoms with E-state index >= 15 is 0 Å². The molecule has 1 atom stereocenters. The molecular formula is C15H13N5O2S. The van der Waals surface area contributed by atoms with E-state index in [0.717, 1.165) is 22.1 Å². The summed E-state index contributed by atoms with van der Waals surface area (Å²) in [4.78, 5) is 4.02. The topological polar surface area (TPSA) is 85.1 Å². The summed E-state index contributed by atoms with van der Waals surface area (Å²) in [6.45, 7) is 0. The first-order valence-electron chi connectivity index (χ1n) is 6.92. The molecule has 0 fully saturated rings. The van der Waals surface area contributed by atoms with Crippen LogP contribution in [0.25, 0.3) is 11.4 Å². The number of pyridine rings is 1. The number of fused-ring (bicyclic) bond motifs is 1. The first-order valence-corrected chi connectivity index (χ1v) is 7.80. The molecule has 8 heteroatoms. The van der Waals surface area contributed by atoms with Crippen LogP contribution in [0, 0.1) is 0 Å². The van der Waals surface area contributed by atoms with E-state index in [1.807, 2.05) is 28.9 Å². The number of phenols is 1. The molecule has 0 saturated carbocycles. The van der Waals surface area contributed by atoms with Crippen molar-refractivity contribution in [2.45, 2.75) is 10.5 Å². The summed E-state index contributed by atoms with van der Waals surface area (Å²) in [5, 5.41) is 18.9. The molecule has 4 rings (SSSR count). The van der Waals surface area contributed by atoms with Crippen LogP contribution in [0.1, 0.15) is 10.9 Å². The van der Waals surface area contributed by atoms with Crippen molar-refractivity contribution in [2.75, 3.05) is 12.5 Å². The van der Waals surface area contributed by atoms with Crippen molar-refractivity contribution in [1.82, 2.24) is 19.9 Å². The highest BCUT2D eigenvalue weighted by Gasteiger charge is 2.28. The van der Waals surface area contributed by atoms with E-state index in [2.05, 4.69) is 20.6 Å². The minimum Gasteiger partial charge on any atom is -0.504 e. The van der Waals surface area contributed by atoms with Gasteiger partial charge in [0.2, 0.25) is 5.16 Å². The van der Waals surface area contributed by atoms with Gasteiger partial charge < -0.3 is 15.3 Å². The van der Waals surface area contributed by atoms with Crippen LogP contribution in [-0.4, -0.2) is 32.1 Å². The van der Waals surface area contributed by atoms with Crippen LogP contribution >= 0.6 is 11.8 Å². The summed E-state index contributed by atoms with van der Waals surface area (Å²) in [7, 11) is 1.53. The minimum absolute atomic E-state index is 0.0319. The number of aromatic nitrogens is 4. The number of thioether (sulfide) groups is 1. The van der Waals surface area contributed by atoms with Gasteiger partial charge in [0.1, 0.15) is 5.37 Å². The second-order valence-corrected chi connectivity index (χ2v) is 6.01. The minimum atomic E-state index is -0.0319. The number of aromatic hydroxyl groups is 1. The standard InChI is InChI=1S/C15H13N5O2S/c1-22-12-8-10(2-3-11(12)21)14-19-20-13(17-18-15(20)23-14)9-4-6-16-7-5-9/h2-8,14,19,21H,1H3. The Labute approximate surface area is 136 Å². The van der Waals surface area contributed by atoms with Crippen molar-refractivity contribution in [3.8, 4) is 22.9 Å². The lowest BCUT2D eigenvalue weighted by atomic mass is 10.2. The molecule has 0 aliphatic carbocycles. The summed E-state index contributed by atoms with van der Waals surface area (Å²) in [5.41, 5.74) is 5.29. The maximum Gasteiger partial charge on any atom is 0.212 e. The van der Waals surface area contributed by atoms with E-state index in [9.17, 15) is 5.11 Å². The molecule has 0 bridgehead atoms. The maximum absolute atomic E-state index is 9.72. The van der Waals surface area contributed by atoms with Crippen molar-refractivity contribution >= 4 is 11.8 Å². The summed E-state index contributed by atoms with van der Waals surface area (Å²) in [6.07, 6.45) is 3.45. The molecule has 0 amide bonds. The number of phenolic OH excluding ortho intramolecular Hbond substituents is 1. The SMILES string of the molecule is COc1cc(C2Nn3c(nnc3-c3ccncc3)S2)ccc1O. The molecule has 3 heterocycles. The molecule has 7 nitrogen and oxygen atoms in total. The number of rotatable bonds is 3. The van der Waals surface area contributed by atoms with Crippen LogP contribution < -0.4 is 10.2 Å². The third-order valence-corrected chi connectivity index (χ3v) is 4.64. The number of hydrogen-bond acceptors (Lipinski definition) is 7. The third-order valence-electron chi connectivity index (χ3n) is 3.55. The fourth-order valence-corrected chi connectivity index (χ4v) is 3.38. The van der Waals surface area contributed by atoms with Gasteiger partial charge in [-0.15, -0.1) is 10.2 Å². The Morgan fingerprint density at radius 2 is 2.04 bits per heavy atom. The first-order chi connectivity index (χ1) is 11.3. The fourth-order valence-electron chi connectivity index (χ4n) is 2.40. The zero-order chi connectivity index (χ0) is 15.8. The smallest absolute Gasteiger partial charge is 0.212 e. The Kier molecular flexibility index (Phi) is 3.30. The van der Waals surface area contributed by atoms with Crippen LogP contribution in [0.3, 0.4) is 0 Å². The first kappa shape index (κ1) is 13.9. The molecule has 1 aromatic carbocycles. The third kappa shape index (κ3) is 2.36. The Hall–Kier alpha value is -2.74. The lowest BCUT2D eigenvalue weighted by Gasteiger charge is -2.13.